The summed E-state index contributed by atoms with van der Waals surface area (Å²) in [6.45, 7) is 0.766. The summed E-state index contributed by atoms with van der Waals surface area (Å²) in [7, 11) is 0.732. The third-order valence-corrected chi connectivity index (χ3v) is 7.71. The summed E-state index contributed by atoms with van der Waals surface area (Å²) >= 11 is 0. The predicted molar refractivity (Wildman–Crippen MR) is 119 cm³/mol. The third-order valence-electron chi connectivity index (χ3n) is 5.81. The van der Waals surface area contributed by atoms with Crippen LogP contribution in [0.5, 0.6) is 17.2 Å². The number of sulfonamides is 1. The molecule has 0 atom stereocenters. The van der Waals surface area contributed by atoms with Crippen LogP contribution >= 0.6 is 0 Å². The van der Waals surface area contributed by atoms with Gasteiger partial charge in [-0.2, -0.15) is 4.31 Å². The van der Waals surface area contributed by atoms with Crippen molar-refractivity contribution >= 4 is 15.7 Å². The van der Waals surface area contributed by atoms with E-state index in [0.29, 0.717) is 19.0 Å². The molecule has 0 radical (unpaired) electrons. The van der Waals surface area contributed by atoms with Crippen LogP contribution in [0.4, 0.5) is 5.69 Å². The van der Waals surface area contributed by atoms with Gasteiger partial charge in [0.2, 0.25) is 10.0 Å². The molecule has 9 nitrogen and oxygen atoms in total. The zero-order valence-corrected chi connectivity index (χ0v) is 19.3. The van der Waals surface area contributed by atoms with Crippen LogP contribution in [0.3, 0.4) is 0 Å². The number of nitro benzene ring substituents is 1. The average Bonchev–Trinajstić information content (AvgIpc) is 2.82. The molecule has 32 heavy (non-hydrogen) atoms. The molecule has 0 spiro atoms. The summed E-state index contributed by atoms with van der Waals surface area (Å²) in [4.78, 5) is 10.5. The summed E-state index contributed by atoms with van der Waals surface area (Å²) in [5.41, 5.74) is 0.749. The number of methoxy groups -OCH3 is 3. The number of piperidine rings is 1. The second kappa shape index (κ2) is 10.2. The molecule has 3 rings (SSSR count). The zero-order chi connectivity index (χ0) is 23.3. The first-order chi connectivity index (χ1) is 15.3. The number of nitrogens with zero attached hydrogens (tertiary/aromatic N) is 2. The lowest BCUT2D eigenvalue weighted by Gasteiger charge is -2.31. The smallest absolute Gasteiger partial charge is 0.312 e. The Bertz CT molecular complexity index is 1040. The molecular formula is C22H28N2O7S. The minimum absolute atomic E-state index is 0.0295. The second-order valence-corrected chi connectivity index (χ2v) is 9.64. The zero-order valence-electron chi connectivity index (χ0n) is 18.4. The molecule has 1 fully saturated rings. The molecule has 1 aliphatic rings. The maximum absolute atomic E-state index is 13.0. The molecule has 2 aromatic carbocycles. The van der Waals surface area contributed by atoms with Crippen molar-refractivity contribution in [2.45, 2.75) is 30.6 Å². The molecule has 0 bridgehead atoms. The highest BCUT2D eigenvalue weighted by Gasteiger charge is 2.31. The van der Waals surface area contributed by atoms with E-state index in [4.69, 9.17) is 14.2 Å². The van der Waals surface area contributed by atoms with Gasteiger partial charge in [0.1, 0.15) is 11.5 Å². The Kier molecular flexibility index (Phi) is 7.57. The van der Waals surface area contributed by atoms with Gasteiger partial charge in [-0.05, 0) is 61.4 Å². The summed E-state index contributed by atoms with van der Waals surface area (Å²) in [6, 6.07) is 9.54. The monoisotopic (exact) mass is 464 g/mol. The Morgan fingerprint density at radius 3 is 2.16 bits per heavy atom. The molecule has 1 heterocycles. The summed E-state index contributed by atoms with van der Waals surface area (Å²) < 4.78 is 43.0. The van der Waals surface area contributed by atoms with Crippen molar-refractivity contribution in [2.24, 2.45) is 5.92 Å². The van der Waals surface area contributed by atoms with E-state index in [1.165, 1.54) is 23.5 Å². The molecule has 0 amide bonds. The number of aryl methyl sites for hydroxylation is 1. The molecule has 0 unspecified atom stereocenters. The van der Waals surface area contributed by atoms with E-state index in [1.54, 1.807) is 14.2 Å². The van der Waals surface area contributed by atoms with Crippen LogP contribution in [0.2, 0.25) is 0 Å². The van der Waals surface area contributed by atoms with Gasteiger partial charge < -0.3 is 14.2 Å². The maximum Gasteiger partial charge on any atom is 0.312 e. The van der Waals surface area contributed by atoms with Crippen LogP contribution in [0.25, 0.3) is 0 Å². The van der Waals surface area contributed by atoms with Gasteiger partial charge in [-0.3, -0.25) is 10.1 Å². The van der Waals surface area contributed by atoms with Crippen LogP contribution < -0.4 is 14.2 Å². The lowest BCUT2D eigenvalue weighted by atomic mass is 9.91. The first-order valence-electron chi connectivity index (χ1n) is 10.3. The SMILES string of the molecule is COc1cc(CCC2CCN(S(=O)(=O)c3ccc(OC)c([N+](=O)[O-])c3)CC2)cc(OC)c1. The first-order valence-corrected chi connectivity index (χ1v) is 11.8. The quantitative estimate of drug-likeness (QED) is 0.412. The number of benzene rings is 2. The minimum Gasteiger partial charge on any atom is -0.497 e. The van der Waals surface area contributed by atoms with E-state index in [2.05, 4.69) is 0 Å². The molecule has 1 saturated heterocycles. The predicted octanol–water partition coefficient (Wildman–Crippen LogP) is 3.65. The van der Waals surface area contributed by atoms with Crippen molar-refractivity contribution in [3.05, 3.63) is 52.1 Å². The van der Waals surface area contributed by atoms with Crippen molar-refractivity contribution < 1.29 is 27.6 Å². The van der Waals surface area contributed by atoms with E-state index in [0.717, 1.165) is 48.8 Å². The molecular weight excluding hydrogens is 436 g/mol. The Morgan fingerprint density at radius 1 is 1.00 bits per heavy atom. The van der Waals surface area contributed by atoms with Crippen LogP contribution in [0.15, 0.2) is 41.3 Å². The molecule has 0 aromatic heterocycles. The lowest BCUT2D eigenvalue weighted by Crippen LogP contribution is -2.38. The second-order valence-electron chi connectivity index (χ2n) is 7.70. The highest BCUT2D eigenvalue weighted by atomic mass is 32.2. The largest absolute Gasteiger partial charge is 0.497 e. The van der Waals surface area contributed by atoms with Crippen molar-refractivity contribution in [2.75, 3.05) is 34.4 Å². The summed E-state index contributed by atoms with van der Waals surface area (Å²) in [5.74, 6) is 1.91. The average molecular weight is 465 g/mol. The number of ether oxygens (including phenoxy) is 3. The molecule has 0 N–H and O–H groups in total. The van der Waals surface area contributed by atoms with E-state index in [-0.39, 0.29) is 16.3 Å². The number of hydrogen-bond acceptors (Lipinski definition) is 7. The summed E-state index contributed by atoms with van der Waals surface area (Å²) in [6.07, 6.45) is 3.24. The van der Waals surface area contributed by atoms with Gasteiger partial charge in [0.25, 0.3) is 0 Å². The number of hydrogen-bond donors (Lipinski definition) is 0. The first kappa shape index (κ1) is 23.8. The van der Waals surface area contributed by atoms with Crippen molar-refractivity contribution in [3.8, 4) is 17.2 Å². The molecule has 0 aliphatic carbocycles. The van der Waals surface area contributed by atoms with Crippen molar-refractivity contribution in [1.29, 1.82) is 0 Å². The number of rotatable bonds is 9. The third kappa shape index (κ3) is 5.31. The van der Waals surface area contributed by atoms with Crippen LogP contribution in [-0.4, -0.2) is 52.1 Å². The van der Waals surface area contributed by atoms with E-state index >= 15 is 0 Å². The topological polar surface area (TPSA) is 108 Å². The highest BCUT2D eigenvalue weighted by molar-refractivity contribution is 7.89. The summed E-state index contributed by atoms with van der Waals surface area (Å²) in [5, 5.41) is 11.3. The van der Waals surface area contributed by atoms with Gasteiger partial charge in [0, 0.05) is 25.2 Å². The van der Waals surface area contributed by atoms with E-state index in [9.17, 15) is 18.5 Å². The van der Waals surface area contributed by atoms with Gasteiger partial charge in [-0.1, -0.05) is 0 Å². The van der Waals surface area contributed by atoms with Crippen LogP contribution in [0, 0.1) is 16.0 Å². The fourth-order valence-electron chi connectivity index (χ4n) is 3.94. The standard InChI is InChI=1S/C22H28N2O7S/c1-29-18-12-17(13-19(14-18)30-2)5-4-16-8-10-23(11-9-16)32(27,28)20-6-7-22(31-3)21(15-20)24(25)26/h6-7,12-16H,4-5,8-11H2,1-3H3. The van der Waals surface area contributed by atoms with Gasteiger partial charge in [-0.25, -0.2) is 8.42 Å². The number of nitro groups is 1. The Hall–Kier alpha value is -2.85. The highest BCUT2D eigenvalue weighted by Crippen LogP contribution is 2.33. The molecule has 1 aliphatic heterocycles. The van der Waals surface area contributed by atoms with Gasteiger partial charge >= 0.3 is 5.69 Å². The molecule has 174 valence electrons. The maximum atomic E-state index is 13.0. The molecule has 2 aromatic rings. The van der Waals surface area contributed by atoms with Gasteiger partial charge in [0.15, 0.2) is 5.75 Å². The Labute approximate surface area is 188 Å². The van der Waals surface area contributed by atoms with Gasteiger partial charge in [-0.15, -0.1) is 0 Å². The molecule has 10 heteroatoms. The van der Waals surface area contributed by atoms with Crippen molar-refractivity contribution in [1.82, 2.24) is 4.31 Å². The molecule has 0 saturated carbocycles. The Morgan fingerprint density at radius 2 is 1.62 bits per heavy atom. The van der Waals surface area contributed by atoms with Crippen molar-refractivity contribution in [3.63, 3.8) is 0 Å². The fourth-order valence-corrected chi connectivity index (χ4v) is 5.43. The Balaban J connectivity index is 1.63. The van der Waals surface area contributed by atoms with Gasteiger partial charge in [0.05, 0.1) is 31.1 Å². The van der Waals surface area contributed by atoms with Crippen LogP contribution in [-0.2, 0) is 16.4 Å². The van der Waals surface area contributed by atoms with E-state index in [1.807, 2.05) is 18.2 Å². The fraction of sp³-hybridized carbons (Fsp3) is 0.455. The lowest BCUT2D eigenvalue weighted by molar-refractivity contribution is -0.386. The normalized spacial score (nSPS) is 15.3. The minimum atomic E-state index is -3.81. The van der Waals surface area contributed by atoms with Crippen LogP contribution in [0.1, 0.15) is 24.8 Å². The van der Waals surface area contributed by atoms with E-state index < -0.39 is 14.9 Å².